The maximum Gasteiger partial charge on any atom is 0.240 e. The van der Waals surface area contributed by atoms with Gasteiger partial charge in [-0.2, -0.15) is 0 Å². The van der Waals surface area contributed by atoms with Gasteiger partial charge in [0.1, 0.15) is 0 Å². The molecule has 1 aliphatic rings. The summed E-state index contributed by atoms with van der Waals surface area (Å²) in [4.78, 5) is 0.377. The van der Waals surface area contributed by atoms with Crippen molar-refractivity contribution in [3.8, 4) is 0 Å². The Morgan fingerprint density at radius 3 is 2.50 bits per heavy atom. The molecule has 0 spiro atoms. The smallest absolute Gasteiger partial charge is 0.240 e. The Labute approximate surface area is 121 Å². The van der Waals surface area contributed by atoms with Crippen LogP contribution in [0.15, 0.2) is 23.1 Å². The molecule has 20 heavy (non-hydrogen) atoms. The van der Waals surface area contributed by atoms with Crippen LogP contribution in [0, 0.1) is 19.3 Å². The average molecular weight is 296 g/mol. The molecule has 0 aromatic heterocycles. The van der Waals surface area contributed by atoms with E-state index in [0.717, 1.165) is 36.8 Å². The zero-order valence-corrected chi connectivity index (χ0v) is 13.1. The summed E-state index contributed by atoms with van der Waals surface area (Å²) in [6, 6.07) is 5.49. The van der Waals surface area contributed by atoms with Gasteiger partial charge >= 0.3 is 0 Å². The molecule has 5 heteroatoms. The summed E-state index contributed by atoms with van der Waals surface area (Å²) in [5.74, 6) is 0. The van der Waals surface area contributed by atoms with Crippen LogP contribution in [-0.2, 0) is 10.0 Å². The molecule has 1 fully saturated rings. The van der Waals surface area contributed by atoms with E-state index in [0.29, 0.717) is 18.0 Å². The predicted molar refractivity (Wildman–Crippen MR) is 81.1 cm³/mol. The van der Waals surface area contributed by atoms with Crippen LogP contribution >= 0.6 is 0 Å². The fourth-order valence-electron chi connectivity index (χ4n) is 2.90. The molecule has 112 valence electrons. The lowest BCUT2D eigenvalue weighted by Crippen LogP contribution is -2.40. The molecule has 3 N–H and O–H groups in total. The van der Waals surface area contributed by atoms with Gasteiger partial charge in [0.15, 0.2) is 0 Å². The van der Waals surface area contributed by atoms with Crippen LogP contribution in [-0.4, -0.2) is 21.5 Å². The second-order valence-electron chi connectivity index (χ2n) is 6.00. The summed E-state index contributed by atoms with van der Waals surface area (Å²) in [6.07, 6.45) is 4.31. The summed E-state index contributed by atoms with van der Waals surface area (Å²) in [6.45, 7) is 4.71. The summed E-state index contributed by atoms with van der Waals surface area (Å²) < 4.78 is 27.7. The van der Waals surface area contributed by atoms with E-state index in [1.807, 2.05) is 26.0 Å². The number of nitrogens with one attached hydrogen (secondary N) is 1. The zero-order chi connectivity index (χ0) is 14.8. The van der Waals surface area contributed by atoms with Gasteiger partial charge in [0.05, 0.1) is 4.90 Å². The molecule has 1 aromatic carbocycles. The third-order valence-corrected chi connectivity index (χ3v) is 5.91. The first-order chi connectivity index (χ1) is 9.38. The molecule has 0 aliphatic heterocycles. The van der Waals surface area contributed by atoms with E-state index < -0.39 is 10.0 Å². The lowest BCUT2D eigenvalue weighted by atomic mass is 9.87. The predicted octanol–water partition coefficient (Wildman–Crippen LogP) is 2.10. The molecule has 0 bridgehead atoms. The van der Waals surface area contributed by atoms with Crippen LogP contribution in [0.2, 0.25) is 0 Å². The van der Waals surface area contributed by atoms with E-state index in [9.17, 15) is 8.42 Å². The highest BCUT2D eigenvalue weighted by Crippen LogP contribution is 2.36. The normalized spacial score (nSPS) is 18.4. The highest BCUT2D eigenvalue weighted by molar-refractivity contribution is 7.89. The van der Waals surface area contributed by atoms with Crippen LogP contribution < -0.4 is 10.5 Å². The van der Waals surface area contributed by atoms with Crippen molar-refractivity contribution < 1.29 is 8.42 Å². The minimum atomic E-state index is -3.45. The molecule has 0 atom stereocenters. The first-order valence-electron chi connectivity index (χ1n) is 7.16. The molecule has 0 heterocycles. The van der Waals surface area contributed by atoms with Crippen molar-refractivity contribution in [1.29, 1.82) is 0 Å². The van der Waals surface area contributed by atoms with Crippen molar-refractivity contribution in [2.24, 2.45) is 11.1 Å². The van der Waals surface area contributed by atoms with Gasteiger partial charge in [0, 0.05) is 6.54 Å². The fraction of sp³-hybridized carbons (Fsp3) is 0.600. The first kappa shape index (κ1) is 15.5. The molecule has 1 aromatic rings. The number of sulfonamides is 1. The zero-order valence-electron chi connectivity index (χ0n) is 12.3. The Morgan fingerprint density at radius 2 is 1.90 bits per heavy atom. The number of hydrogen-bond donors (Lipinski definition) is 2. The van der Waals surface area contributed by atoms with Crippen molar-refractivity contribution >= 4 is 10.0 Å². The van der Waals surface area contributed by atoms with Crippen LogP contribution in [0.25, 0.3) is 0 Å². The number of benzene rings is 1. The van der Waals surface area contributed by atoms with Crippen molar-refractivity contribution in [2.45, 2.75) is 44.4 Å². The largest absolute Gasteiger partial charge is 0.330 e. The highest BCUT2D eigenvalue weighted by Gasteiger charge is 2.33. The number of rotatable bonds is 5. The van der Waals surface area contributed by atoms with Gasteiger partial charge in [-0.05, 0) is 55.8 Å². The monoisotopic (exact) mass is 296 g/mol. The van der Waals surface area contributed by atoms with E-state index in [2.05, 4.69) is 4.72 Å². The summed E-state index contributed by atoms with van der Waals surface area (Å²) >= 11 is 0. The summed E-state index contributed by atoms with van der Waals surface area (Å²) in [7, 11) is -3.45. The van der Waals surface area contributed by atoms with Crippen LogP contribution in [0.3, 0.4) is 0 Å². The van der Waals surface area contributed by atoms with Crippen LogP contribution in [0.1, 0.15) is 36.8 Å². The lowest BCUT2D eigenvalue weighted by molar-refractivity contribution is 0.309. The van der Waals surface area contributed by atoms with Gasteiger partial charge in [-0.25, -0.2) is 13.1 Å². The Hall–Kier alpha value is -0.910. The average Bonchev–Trinajstić information content (AvgIpc) is 2.89. The number of nitrogens with two attached hydrogens (primary N) is 1. The van der Waals surface area contributed by atoms with Gasteiger partial charge in [-0.1, -0.05) is 25.0 Å². The summed E-state index contributed by atoms with van der Waals surface area (Å²) in [5.41, 5.74) is 7.53. The van der Waals surface area contributed by atoms with E-state index >= 15 is 0 Å². The summed E-state index contributed by atoms with van der Waals surface area (Å²) in [5, 5.41) is 0. The quantitative estimate of drug-likeness (QED) is 0.874. The van der Waals surface area contributed by atoms with Crippen molar-refractivity contribution in [1.82, 2.24) is 4.72 Å². The van der Waals surface area contributed by atoms with Gasteiger partial charge in [-0.15, -0.1) is 0 Å². The minimum Gasteiger partial charge on any atom is -0.330 e. The third-order valence-electron chi connectivity index (χ3n) is 4.37. The first-order valence-corrected chi connectivity index (χ1v) is 8.64. The standard InChI is InChI=1S/C15H24N2O2S/c1-12-5-6-13(2)14(9-12)20(18,19)17-11-15(10-16)7-3-4-8-15/h5-6,9,17H,3-4,7-8,10-11,16H2,1-2H3. The van der Waals surface area contributed by atoms with Crippen LogP contribution in [0.4, 0.5) is 0 Å². The fourth-order valence-corrected chi connectivity index (χ4v) is 4.39. The molecule has 0 amide bonds. The lowest BCUT2D eigenvalue weighted by Gasteiger charge is -2.27. The Morgan fingerprint density at radius 1 is 1.25 bits per heavy atom. The Bertz CT molecular complexity index is 576. The topological polar surface area (TPSA) is 72.2 Å². The van der Waals surface area contributed by atoms with Crippen molar-refractivity contribution in [3.63, 3.8) is 0 Å². The second kappa shape index (κ2) is 5.84. The molecule has 0 unspecified atom stereocenters. The Balaban J connectivity index is 2.17. The molecular formula is C15H24N2O2S. The molecule has 4 nitrogen and oxygen atoms in total. The van der Waals surface area contributed by atoms with E-state index in [1.165, 1.54) is 0 Å². The molecule has 2 rings (SSSR count). The maximum absolute atomic E-state index is 12.5. The SMILES string of the molecule is Cc1ccc(C)c(S(=O)(=O)NCC2(CN)CCCC2)c1. The minimum absolute atomic E-state index is 0.0508. The van der Waals surface area contributed by atoms with Gasteiger partial charge < -0.3 is 5.73 Å². The van der Waals surface area contributed by atoms with E-state index in [1.54, 1.807) is 6.07 Å². The molecule has 1 aliphatic carbocycles. The van der Waals surface area contributed by atoms with Crippen LogP contribution in [0.5, 0.6) is 0 Å². The van der Waals surface area contributed by atoms with Crippen molar-refractivity contribution in [3.05, 3.63) is 29.3 Å². The van der Waals surface area contributed by atoms with E-state index in [-0.39, 0.29) is 5.41 Å². The van der Waals surface area contributed by atoms with Crippen molar-refractivity contribution in [2.75, 3.05) is 13.1 Å². The molecule has 0 radical (unpaired) electrons. The van der Waals surface area contributed by atoms with E-state index in [4.69, 9.17) is 5.73 Å². The second-order valence-corrected chi connectivity index (χ2v) is 7.74. The Kier molecular flexibility index (Phi) is 4.52. The molecule has 0 saturated heterocycles. The number of aryl methyl sites for hydroxylation is 2. The third kappa shape index (κ3) is 3.22. The number of hydrogen-bond acceptors (Lipinski definition) is 3. The maximum atomic E-state index is 12.5. The molecular weight excluding hydrogens is 272 g/mol. The van der Waals surface area contributed by atoms with Gasteiger partial charge in [0.25, 0.3) is 0 Å². The van der Waals surface area contributed by atoms with Gasteiger partial charge in [0.2, 0.25) is 10.0 Å². The van der Waals surface area contributed by atoms with Gasteiger partial charge in [-0.3, -0.25) is 0 Å². The highest BCUT2D eigenvalue weighted by atomic mass is 32.2. The molecule has 1 saturated carbocycles.